The van der Waals surface area contributed by atoms with Gasteiger partial charge in [-0.2, -0.15) is 17.0 Å². The lowest BCUT2D eigenvalue weighted by atomic mass is 10.00. The van der Waals surface area contributed by atoms with E-state index in [-0.39, 0.29) is 5.91 Å². The zero-order valence-corrected chi connectivity index (χ0v) is 19.9. The van der Waals surface area contributed by atoms with Crippen LogP contribution in [-0.4, -0.2) is 67.6 Å². The minimum atomic E-state index is -3.55. The minimum absolute atomic E-state index is 0.129. The SMILES string of the molecule is CC(=O)N1CCN(c2ccc3c(c2)CCN(S(=O)(=O)N(C)Cc2ccccc2C)C3)CC1. The molecule has 2 aromatic rings. The number of rotatable bonds is 5. The fourth-order valence-electron chi connectivity index (χ4n) is 4.49. The van der Waals surface area contributed by atoms with Crippen LogP contribution in [0.25, 0.3) is 0 Å². The standard InChI is InChI=1S/C24H32N4O3S/c1-19-6-4-5-7-22(19)17-25(3)32(30,31)28-11-10-21-16-24(9-8-23(21)18-28)27-14-12-26(13-15-27)20(2)29/h4-9,16H,10-15,17-18H2,1-3H3. The zero-order valence-electron chi connectivity index (χ0n) is 19.1. The molecule has 0 unspecified atom stereocenters. The zero-order chi connectivity index (χ0) is 22.9. The number of amides is 1. The third kappa shape index (κ3) is 4.67. The largest absolute Gasteiger partial charge is 0.368 e. The number of piperazine rings is 1. The summed E-state index contributed by atoms with van der Waals surface area (Å²) in [7, 11) is -1.89. The first-order valence-electron chi connectivity index (χ1n) is 11.1. The van der Waals surface area contributed by atoms with Crippen molar-refractivity contribution in [3.63, 3.8) is 0 Å². The molecule has 1 amide bonds. The highest BCUT2D eigenvalue weighted by molar-refractivity contribution is 7.86. The van der Waals surface area contributed by atoms with Crippen LogP contribution in [0.5, 0.6) is 0 Å². The average molecular weight is 457 g/mol. The van der Waals surface area contributed by atoms with Gasteiger partial charge in [-0.1, -0.05) is 30.3 Å². The van der Waals surface area contributed by atoms with Gasteiger partial charge in [0.25, 0.3) is 10.2 Å². The van der Waals surface area contributed by atoms with Crippen molar-refractivity contribution in [3.05, 3.63) is 64.7 Å². The Morgan fingerprint density at radius 2 is 1.72 bits per heavy atom. The van der Waals surface area contributed by atoms with Crippen LogP contribution in [0.2, 0.25) is 0 Å². The molecule has 0 atom stereocenters. The maximum absolute atomic E-state index is 13.2. The van der Waals surface area contributed by atoms with E-state index in [1.54, 1.807) is 18.3 Å². The number of benzene rings is 2. The van der Waals surface area contributed by atoms with Gasteiger partial charge < -0.3 is 9.80 Å². The molecule has 1 saturated heterocycles. The molecule has 8 heteroatoms. The summed E-state index contributed by atoms with van der Waals surface area (Å²) < 4.78 is 29.5. The first-order valence-corrected chi connectivity index (χ1v) is 12.5. The molecule has 7 nitrogen and oxygen atoms in total. The fourth-order valence-corrected chi connectivity index (χ4v) is 5.81. The Morgan fingerprint density at radius 1 is 1.00 bits per heavy atom. The smallest absolute Gasteiger partial charge is 0.282 e. The number of fused-ring (bicyclic) bond motifs is 1. The summed E-state index contributed by atoms with van der Waals surface area (Å²) in [6, 6.07) is 14.2. The number of carbonyl (C=O) groups is 1. The van der Waals surface area contributed by atoms with Crippen LogP contribution >= 0.6 is 0 Å². The number of anilines is 1. The molecular formula is C24H32N4O3S. The van der Waals surface area contributed by atoms with Crippen molar-refractivity contribution >= 4 is 21.8 Å². The Bertz CT molecular complexity index is 1090. The summed E-state index contributed by atoms with van der Waals surface area (Å²) in [5.74, 6) is 0.129. The normalized spacial score (nSPS) is 17.5. The summed E-state index contributed by atoms with van der Waals surface area (Å²) in [6.07, 6.45) is 0.702. The number of hydrogen-bond donors (Lipinski definition) is 0. The first-order chi connectivity index (χ1) is 15.3. The maximum atomic E-state index is 13.2. The molecule has 172 valence electrons. The molecule has 0 bridgehead atoms. The lowest BCUT2D eigenvalue weighted by molar-refractivity contribution is -0.129. The van der Waals surface area contributed by atoms with E-state index in [9.17, 15) is 13.2 Å². The summed E-state index contributed by atoms with van der Waals surface area (Å²) in [5.41, 5.74) is 5.54. The van der Waals surface area contributed by atoms with Crippen LogP contribution in [0.1, 0.15) is 29.2 Å². The van der Waals surface area contributed by atoms with Gasteiger partial charge in [0.1, 0.15) is 0 Å². The predicted molar refractivity (Wildman–Crippen MR) is 127 cm³/mol. The van der Waals surface area contributed by atoms with Crippen molar-refractivity contribution in [1.29, 1.82) is 0 Å². The van der Waals surface area contributed by atoms with Crippen LogP contribution < -0.4 is 4.90 Å². The van der Waals surface area contributed by atoms with E-state index in [4.69, 9.17) is 0 Å². The van der Waals surface area contributed by atoms with Gasteiger partial charge in [-0.15, -0.1) is 0 Å². The van der Waals surface area contributed by atoms with Gasteiger partial charge in [-0.25, -0.2) is 0 Å². The van der Waals surface area contributed by atoms with E-state index in [1.165, 1.54) is 9.87 Å². The Labute approximate surface area is 191 Å². The predicted octanol–water partition coefficient (Wildman–Crippen LogP) is 2.40. The molecule has 32 heavy (non-hydrogen) atoms. The number of carbonyl (C=O) groups excluding carboxylic acids is 1. The molecule has 2 heterocycles. The summed E-state index contributed by atoms with van der Waals surface area (Å²) in [6.45, 7) is 7.99. The second-order valence-corrected chi connectivity index (χ2v) is 10.8. The lowest BCUT2D eigenvalue weighted by Gasteiger charge is -2.36. The van der Waals surface area contributed by atoms with Gasteiger partial charge in [0.15, 0.2) is 0 Å². The summed E-state index contributed by atoms with van der Waals surface area (Å²) >= 11 is 0. The van der Waals surface area contributed by atoms with Gasteiger partial charge in [-0.3, -0.25) is 4.79 Å². The molecule has 0 spiro atoms. The topological polar surface area (TPSA) is 64.2 Å². The number of nitrogens with zero attached hydrogens (tertiary/aromatic N) is 4. The van der Waals surface area contributed by atoms with Crippen molar-refractivity contribution in [1.82, 2.24) is 13.5 Å². The maximum Gasteiger partial charge on any atom is 0.282 e. The van der Waals surface area contributed by atoms with E-state index >= 15 is 0 Å². The Balaban J connectivity index is 1.43. The third-order valence-electron chi connectivity index (χ3n) is 6.63. The summed E-state index contributed by atoms with van der Waals surface area (Å²) in [4.78, 5) is 15.7. The number of hydrogen-bond acceptors (Lipinski definition) is 4. The van der Waals surface area contributed by atoms with Crippen molar-refractivity contribution in [2.24, 2.45) is 0 Å². The second-order valence-electron chi connectivity index (χ2n) is 8.72. The molecular weight excluding hydrogens is 424 g/mol. The third-order valence-corrected chi connectivity index (χ3v) is 8.51. The van der Waals surface area contributed by atoms with E-state index < -0.39 is 10.2 Å². The molecule has 0 radical (unpaired) electrons. The highest BCUT2D eigenvalue weighted by Crippen LogP contribution is 2.28. The minimum Gasteiger partial charge on any atom is -0.368 e. The van der Waals surface area contributed by atoms with Crippen LogP contribution in [0, 0.1) is 6.92 Å². The molecule has 0 N–H and O–H groups in total. The first kappa shape index (κ1) is 22.8. The molecule has 1 fully saturated rings. The molecule has 0 aliphatic carbocycles. The lowest BCUT2D eigenvalue weighted by Crippen LogP contribution is -2.48. The Kier molecular flexibility index (Phi) is 6.55. The van der Waals surface area contributed by atoms with Crippen molar-refractivity contribution in [3.8, 4) is 0 Å². The van der Waals surface area contributed by atoms with E-state index in [1.807, 2.05) is 36.1 Å². The Hall–Kier alpha value is -2.42. The van der Waals surface area contributed by atoms with Gasteiger partial charge in [0.2, 0.25) is 5.91 Å². The molecule has 0 aromatic heterocycles. The van der Waals surface area contributed by atoms with Crippen molar-refractivity contribution in [2.45, 2.75) is 33.4 Å². The van der Waals surface area contributed by atoms with Crippen molar-refractivity contribution in [2.75, 3.05) is 44.7 Å². The highest BCUT2D eigenvalue weighted by atomic mass is 32.2. The molecule has 2 aliphatic heterocycles. The quantitative estimate of drug-likeness (QED) is 0.693. The van der Waals surface area contributed by atoms with Gasteiger partial charge >= 0.3 is 0 Å². The highest BCUT2D eigenvalue weighted by Gasteiger charge is 2.31. The van der Waals surface area contributed by atoms with Gasteiger partial charge in [0, 0.05) is 65.5 Å². The van der Waals surface area contributed by atoms with Crippen molar-refractivity contribution < 1.29 is 13.2 Å². The molecule has 2 aliphatic rings. The van der Waals surface area contributed by atoms with E-state index in [0.717, 1.165) is 48.6 Å². The van der Waals surface area contributed by atoms with E-state index in [2.05, 4.69) is 23.1 Å². The second kappa shape index (κ2) is 9.21. The van der Waals surface area contributed by atoms with Crippen LogP contribution in [0.3, 0.4) is 0 Å². The summed E-state index contributed by atoms with van der Waals surface area (Å²) in [5, 5.41) is 0. The van der Waals surface area contributed by atoms with Gasteiger partial charge in [-0.05, 0) is 47.7 Å². The average Bonchev–Trinajstić information content (AvgIpc) is 2.79. The molecule has 0 saturated carbocycles. The fraction of sp³-hybridized carbons (Fsp3) is 0.458. The molecule has 4 rings (SSSR count). The van der Waals surface area contributed by atoms with Crippen LogP contribution in [0.15, 0.2) is 42.5 Å². The van der Waals surface area contributed by atoms with Gasteiger partial charge in [0.05, 0.1) is 0 Å². The van der Waals surface area contributed by atoms with Crippen LogP contribution in [0.4, 0.5) is 5.69 Å². The Morgan fingerprint density at radius 3 is 2.41 bits per heavy atom. The molecule has 2 aromatic carbocycles. The monoisotopic (exact) mass is 456 g/mol. The van der Waals surface area contributed by atoms with Crippen LogP contribution in [-0.2, 0) is 34.5 Å². The van der Waals surface area contributed by atoms with E-state index in [0.29, 0.717) is 26.1 Å². The number of aryl methyl sites for hydroxylation is 1.